The zero-order valence-corrected chi connectivity index (χ0v) is 10.1. The molecular weight excluding hydrogens is 196 g/mol. The number of allylic oxidation sites excluding steroid dienone is 2. The van der Waals surface area contributed by atoms with Gasteiger partial charge in [0.1, 0.15) is 0 Å². The standard InChI is InChI=1S/C15H22O/c1-3-14(9-5-6-10-14)13(16)15(4-2)11-7-8-12-15/h3-4H,1-2,5-12H2. The Bertz CT molecular complexity index is 271. The number of carbonyl (C=O) groups excluding carboxylic acids is 1. The van der Waals surface area contributed by atoms with Crippen LogP contribution in [0.15, 0.2) is 25.3 Å². The average molecular weight is 218 g/mol. The number of rotatable bonds is 4. The van der Waals surface area contributed by atoms with Crippen molar-refractivity contribution >= 4 is 5.78 Å². The summed E-state index contributed by atoms with van der Waals surface area (Å²) in [5.41, 5.74) is -0.447. The lowest BCUT2D eigenvalue weighted by molar-refractivity contribution is -0.133. The van der Waals surface area contributed by atoms with E-state index in [1.54, 1.807) is 0 Å². The Morgan fingerprint density at radius 3 is 1.38 bits per heavy atom. The van der Waals surface area contributed by atoms with Crippen LogP contribution < -0.4 is 0 Å². The van der Waals surface area contributed by atoms with Crippen molar-refractivity contribution in [3.05, 3.63) is 25.3 Å². The molecule has 0 amide bonds. The minimum atomic E-state index is -0.224. The Hall–Kier alpha value is -0.850. The number of carbonyl (C=O) groups is 1. The third-order valence-electron chi connectivity index (χ3n) is 4.68. The van der Waals surface area contributed by atoms with Gasteiger partial charge in [-0.05, 0) is 25.7 Å². The molecule has 2 aliphatic rings. The molecule has 0 bridgehead atoms. The lowest BCUT2D eigenvalue weighted by atomic mass is 9.67. The largest absolute Gasteiger partial charge is 0.298 e. The van der Waals surface area contributed by atoms with Crippen molar-refractivity contribution in [3.63, 3.8) is 0 Å². The van der Waals surface area contributed by atoms with Gasteiger partial charge in [-0.2, -0.15) is 0 Å². The van der Waals surface area contributed by atoms with Crippen LogP contribution in [0.5, 0.6) is 0 Å². The second-order valence-electron chi connectivity index (χ2n) is 5.46. The Morgan fingerprint density at radius 1 is 0.812 bits per heavy atom. The number of hydrogen-bond acceptors (Lipinski definition) is 1. The van der Waals surface area contributed by atoms with E-state index in [1.807, 2.05) is 12.2 Å². The molecule has 88 valence electrons. The molecule has 0 N–H and O–H groups in total. The SMILES string of the molecule is C=CC1(C(=O)C2(C=C)CCCC2)CCCC1. The zero-order valence-electron chi connectivity index (χ0n) is 10.1. The third-order valence-corrected chi connectivity index (χ3v) is 4.68. The molecule has 2 rings (SSSR count). The van der Waals surface area contributed by atoms with Crippen LogP contribution in [0.1, 0.15) is 51.4 Å². The van der Waals surface area contributed by atoms with Crippen LogP contribution in [0.25, 0.3) is 0 Å². The molecule has 0 aromatic heterocycles. The second-order valence-corrected chi connectivity index (χ2v) is 5.46. The molecule has 0 aromatic rings. The van der Waals surface area contributed by atoms with Crippen LogP contribution in [-0.2, 0) is 4.79 Å². The summed E-state index contributed by atoms with van der Waals surface area (Å²) in [6.07, 6.45) is 12.6. The van der Waals surface area contributed by atoms with E-state index in [0.717, 1.165) is 25.7 Å². The first-order valence-corrected chi connectivity index (χ1v) is 6.51. The van der Waals surface area contributed by atoms with Crippen molar-refractivity contribution in [2.45, 2.75) is 51.4 Å². The van der Waals surface area contributed by atoms with Crippen molar-refractivity contribution in [3.8, 4) is 0 Å². The van der Waals surface area contributed by atoms with Gasteiger partial charge in [0.2, 0.25) is 0 Å². The van der Waals surface area contributed by atoms with E-state index in [1.165, 1.54) is 25.7 Å². The van der Waals surface area contributed by atoms with Crippen molar-refractivity contribution in [2.24, 2.45) is 10.8 Å². The first-order valence-electron chi connectivity index (χ1n) is 6.51. The molecule has 2 fully saturated rings. The molecule has 1 heteroatoms. The van der Waals surface area contributed by atoms with Gasteiger partial charge in [0.25, 0.3) is 0 Å². The molecule has 0 radical (unpaired) electrons. The molecule has 1 nitrogen and oxygen atoms in total. The molecule has 0 aliphatic heterocycles. The highest BCUT2D eigenvalue weighted by Crippen LogP contribution is 2.50. The van der Waals surface area contributed by atoms with Crippen molar-refractivity contribution < 1.29 is 4.79 Å². The van der Waals surface area contributed by atoms with Gasteiger partial charge >= 0.3 is 0 Å². The number of ketones is 1. The summed E-state index contributed by atoms with van der Waals surface area (Å²) >= 11 is 0. The van der Waals surface area contributed by atoms with Crippen molar-refractivity contribution in [1.29, 1.82) is 0 Å². The average Bonchev–Trinajstić information content (AvgIpc) is 2.99. The topological polar surface area (TPSA) is 17.1 Å². The van der Waals surface area contributed by atoms with Gasteiger partial charge in [-0.25, -0.2) is 0 Å². The summed E-state index contributed by atoms with van der Waals surface area (Å²) in [5, 5.41) is 0. The van der Waals surface area contributed by atoms with E-state index in [0.29, 0.717) is 5.78 Å². The van der Waals surface area contributed by atoms with Crippen LogP contribution in [0.2, 0.25) is 0 Å². The van der Waals surface area contributed by atoms with Crippen molar-refractivity contribution in [1.82, 2.24) is 0 Å². The molecular formula is C15H22O. The molecule has 16 heavy (non-hydrogen) atoms. The zero-order chi connectivity index (χ0) is 11.6. The summed E-state index contributed by atoms with van der Waals surface area (Å²) in [7, 11) is 0. The fourth-order valence-electron chi connectivity index (χ4n) is 3.56. The molecule has 0 atom stereocenters. The van der Waals surface area contributed by atoms with Crippen LogP contribution in [0, 0.1) is 10.8 Å². The normalized spacial score (nSPS) is 26.5. The summed E-state index contributed by atoms with van der Waals surface area (Å²) in [6.45, 7) is 7.84. The van der Waals surface area contributed by atoms with Gasteiger partial charge < -0.3 is 0 Å². The van der Waals surface area contributed by atoms with Crippen LogP contribution in [0.3, 0.4) is 0 Å². The molecule has 0 aromatic carbocycles. The van der Waals surface area contributed by atoms with E-state index >= 15 is 0 Å². The molecule has 2 saturated carbocycles. The van der Waals surface area contributed by atoms with Gasteiger partial charge in [0.05, 0.1) is 0 Å². The molecule has 0 spiro atoms. The monoisotopic (exact) mass is 218 g/mol. The maximum atomic E-state index is 12.8. The number of hydrogen-bond donors (Lipinski definition) is 0. The fourth-order valence-corrected chi connectivity index (χ4v) is 3.56. The van der Waals surface area contributed by atoms with E-state index in [9.17, 15) is 4.79 Å². The predicted molar refractivity (Wildman–Crippen MR) is 67.2 cm³/mol. The first-order chi connectivity index (χ1) is 7.69. The van der Waals surface area contributed by atoms with Gasteiger partial charge in [0, 0.05) is 10.8 Å². The van der Waals surface area contributed by atoms with Gasteiger partial charge in [0.15, 0.2) is 5.78 Å². The molecule has 2 aliphatic carbocycles. The first kappa shape index (κ1) is 11.6. The van der Waals surface area contributed by atoms with E-state index in [4.69, 9.17) is 0 Å². The van der Waals surface area contributed by atoms with E-state index in [-0.39, 0.29) is 10.8 Å². The Balaban J connectivity index is 2.28. The minimum Gasteiger partial charge on any atom is -0.298 e. The van der Waals surface area contributed by atoms with Gasteiger partial charge in [-0.1, -0.05) is 37.8 Å². The maximum Gasteiger partial charge on any atom is 0.152 e. The smallest absolute Gasteiger partial charge is 0.152 e. The quantitative estimate of drug-likeness (QED) is 0.651. The van der Waals surface area contributed by atoms with Crippen LogP contribution >= 0.6 is 0 Å². The lowest BCUT2D eigenvalue weighted by Crippen LogP contribution is -2.38. The lowest BCUT2D eigenvalue weighted by Gasteiger charge is -2.34. The summed E-state index contributed by atoms with van der Waals surface area (Å²) < 4.78 is 0. The molecule has 0 saturated heterocycles. The van der Waals surface area contributed by atoms with E-state index < -0.39 is 0 Å². The van der Waals surface area contributed by atoms with Crippen molar-refractivity contribution in [2.75, 3.05) is 0 Å². The summed E-state index contributed by atoms with van der Waals surface area (Å²) in [5.74, 6) is 0.417. The second kappa shape index (κ2) is 4.20. The molecule has 0 unspecified atom stereocenters. The Kier molecular flexibility index (Phi) is 3.05. The Labute approximate surface area is 98.6 Å². The third kappa shape index (κ3) is 1.57. The summed E-state index contributed by atoms with van der Waals surface area (Å²) in [6, 6.07) is 0. The van der Waals surface area contributed by atoms with E-state index in [2.05, 4.69) is 13.2 Å². The van der Waals surface area contributed by atoms with Crippen LogP contribution in [-0.4, -0.2) is 5.78 Å². The summed E-state index contributed by atoms with van der Waals surface area (Å²) in [4.78, 5) is 12.8. The highest BCUT2D eigenvalue weighted by Gasteiger charge is 2.49. The minimum absolute atomic E-state index is 0.224. The Morgan fingerprint density at radius 2 is 1.12 bits per heavy atom. The highest BCUT2D eigenvalue weighted by atomic mass is 16.1. The fraction of sp³-hybridized carbons (Fsp3) is 0.667. The number of Topliss-reactive ketones (excluding diaryl/α,β-unsaturated/α-hetero) is 1. The maximum absolute atomic E-state index is 12.8. The highest BCUT2D eigenvalue weighted by molar-refractivity contribution is 5.93. The molecule has 0 heterocycles. The van der Waals surface area contributed by atoms with Crippen LogP contribution in [0.4, 0.5) is 0 Å². The van der Waals surface area contributed by atoms with Gasteiger partial charge in [-0.3, -0.25) is 4.79 Å². The van der Waals surface area contributed by atoms with Gasteiger partial charge in [-0.15, -0.1) is 13.2 Å². The predicted octanol–water partition coefficient (Wildman–Crippen LogP) is 4.05.